The number of hydrogen-bond donors (Lipinski definition) is 3. The zero-order valence-corrected chi connectivity index (χ0v) is 26.7. The predicted molar refractivity (Wildman–Crippen MR) is 181 cm³/mol. The minimum Gasteiger partial charge on any atom is -0.383 e. The van der Waals surface area contributed by atoms with E-state index in [2.05, 4.69) is 19.9 Å². The van der Waals surface area contributed by atoms with Crippen molar-refractivity contribution in [1.82, 2.24) is 24.0 Å². The first-order valence-corrected chi connectivity index (χ1v) is 15.6. The molecule has 1 aliphatic heterocycles. The SMILES string of the molecule is CC(C)C(=O)N1CCC(n2cc(-c3ccc(NC(=O)c4cn(C)c(C(N)=O)c(-c5ccc(F)cc5)c4=O)cc3)c3c(N)ncnc32)CC1. The Morgan fingerprint density at radius 3 is 2.23 bits per heavy atom. The fourth-order valence-corrected chi connectivity index (χ4v) is 6.35. The Kier molecular flexibility index (Phi) is 8.52. The number of hydrogen-bond acceptors (Lipinski definition) is 7. The molecule has 3 aromatic heterocycles. The molecule has 4 heterocycles. The van der Waals surface area contributed by atoms with Crippen molar-refractivity contribution in [3.05, 3.63) is 94.5 Å². The van der Waals surface area contributed by atoms with Crippen LogP contribution in [-0.2, 0) is 11.8 Å². The summed E-state index contributed by atoms with van der Waals surface area (Å²) >= 11 is 0. The highest BCUT2D eigenvalue weighted by Crippen LogP contribution is 2.37. The Bertz CT molecular complexity index is 2110. The predicted octanol–water partition coefficient (Wildman–Crippen LogP) is 4.36. The van der Waals surface area contributed by atoms with Crippen LogP contribution in [0.5, 0.6) is 0 Å². The van der Waals surface area contributed by atoms with Gasteiger partial charge in [0.05, 0.1) is 10.9 Å². The number of benzene rings is 2. The van der Waals surface area contributed by atoms with Crippen molar-refractivity contribution in [2.75, 3.05) is 24.1 Å². The summed E-state index contributed by atoms with van der Waals surface area (Å²) in [6.45, 7) is 5.13. The van der Waals surface area contributed by atoms with Gasteiger partial charge in [-0.3, -0.25) is 19.2 Å². The number of primary amides is 1. The van der Waals surface area contributed by atoms with Crippen LogP contribution in [0.4, 0.5) is 15.9 Å². The number of nitrogens with one attached hydrogen (secondary N) is 1. The molecule has 0 unspecified atom stereocenters. The van der Waals surface area contributed by atoms with Gasteiger partial charge in [0.25, 0.3) is 11.8 Å². The maximum absolute atomic E-state index is 13.6. The Morgan fingerprint density at radius 1 is 0.958 bits per heavy atom. The summed E-state index contributed by atoms with van der Waals surface area (Å²) in [5.74, 6) is -1.64. The molecular weight excluding hydrogens is 615 g/mol. The number of anilines is 2. The number of nitrogens with two attached hydrogens (primary N) is 2. The van der Waals surface area contributed by atoms with E-state index in [0.29, 0.717) is 35.6 Å². The Morgan fingerprint density at radius 2 is 1.60 bits per heavy atom. The Balaban J connectivity index is 1.28. The second-order valence-electron chi connectivity index (χ2n) is 12.2. The van der Waals surface area contributed by atoms with Crippen molar-refractivity contribution in [2.24, 2.45) is 18.7 Å². The van der Waals surface area contributed by atoms with Crippen molar-refractivity contribution in [1.29, 1.82) is 0 Å². The van der Waals surface area contributed by atoms with E-state index in [-0.39, 0.29) is 40.3 Å². The number of carbonyl (C=O) groups excluding carboxylic acids is 3. The largest absolute Gasteiger partial charge is 0.383 e. The highest BCUT2D eigenvalue weighted by Gasteiger charge is 2.28. The fourth-order valence-electron chi connectivity index (χ4n) is 6.35. The number of nitrogens with zero attached hydrogens (tertiary/aromatic N) is 5. The normalized spacial score (nSPS) is 13.6. The summed E-state index contributed by atoms with van der Waals surface area (Å²) in [6, 6.07) is 12.2. The van der Waals surface area contributed by atoms with Gasteiger partial charge in [0.1, 0.15) is 34.9 Å². The van der Waals surface area contributed by atoms with E-state index in [1.165, 1.54) is 36.3 Å². The molecule has 5 aromatic rings. The molecule has 12 nitrogen and oxygen atoms in total. The summed E-state index contributed by atoms with van der Waals surface area (Å²) in [6.07, 6.45) is 6.25. The van der Waals surface area contributed by atoms with E-state index in [0.717, 1.165) is 36.1 Å². The van der Waals surface area contributed by atoms with Crippen LogP contribution >= 0.6 is 0 Å². The lowest BCUT2D eigenvalue weighted by Crippen LogP contribution is -2.41. The van der Waals surface area contributed by atoms with Gasteiger partial charge in [-0.25, -0.2) is 14.4 Å². The van der Waals surface area contributed by atoms with Gasteiger partial charge in [-0.15, -0.1) is 0 Å². The second kappa shape index (κ2) is 12.7. The summed E-state index contributed by atoms with van der Waals surface area (Å²) < 4.78 is 17.0. The van der Waals surface area contributed by atoms with E-state index in [4.69, 9.17) is 11.5 Å². The molecule has 246 valence electrons. The van der Waals surface area contributed by atoms with E-state index in [1.807, 2.05) is 37.1 Å². The van der Waals surface area contributed by atoms with Crippen LogP contribution in [0.1, 0.15) is 53.6 Å². The first-order valence-electron chi connectivity index (χ1n) is 15.6. The molecule has 1 saturated heterocycles. The number of aromatic nitrogens is 4. The molecule has 0 atom stereocenters. The number of pyridine rings is 1. The maximum atomic E-state index is 13.6. The topological polar surface area (TPSA) is 171 Å². The van der Waals surface area contributed by atoms with Crippen LogP contribution in [0.25, 0.3) is 33.3 Å². The number of nitrogen functional groups attached to an aromatic ring is 1. The fraction of sp³-hybridized carbons (Fsp3) is 0.257. The first-order chi connectivity index (χ1) is 22.9. The number of halogens is 1. The zero-order chi connectivity index (χ0) is 34.3. The molecule has 1 fully saturated rings. The average molecular weight is 651 g/mol. The molecule has 2 aromatic carbocycles. The van der Waals surface area contributed by atoms with Crippen LogP contribution in [0.2, 0.25) is 0 Å². The van der Waals surface area contributed by atoms with Crippen molar-refractivity contribution < 1.29 is 18.8 Å². The van der Waals surface area contributed by atoms with E-state index in [1.54, 1.807) is 12.1 Å². The molecule has 0 spiro atoms. The number of carbonyl (C=O) groups is 3. The monoisotopic (exact) mass is 650 g/mol. The molecule has 0 aliphatic carbocycles. The molecule has 1 aliphatic rings. The van der Waals surface area contributed by atoms with Gasteiger partial charge in [0.15, 0.2) is 0 Å². The minimum absolute atomic E-state index is 0.0486. The quantitative estimate of drug-likeness (QED) is 0.235. The van der Waals surface area contributed by atoms with Crippen molar-refractivity contribution in [3.63, 3.8) is 0 Å². The Labute approximate surface area is 275 Å². The van der Waals surface area contributed by atoms with Crippen LogP contribution in [-0.4, -0.2) is 54.8 Å². The van der Waals surface area contributed by atoms with Gasteiger partial charge < -0.3 is 30.8 Å². The van der Waals surface area contributed by atoms with Crippen molar-refractivity contribution in [3.8, 4) is 22.3 Å². The smallest absolute Gasteiger partial charge is 0.266 e. The van der Waals surface area contributed by atoms with Gasteiger partial charge in [-0.2, -0.15) is 0 Å². The maximum Gasteiger partial charge on any atom is 0.266 e. The lowest BCUT2D eigenvalue weighted by atomic mass is 10.00. The first kappa shape index (κ1) is 32.1. The minimum atomic E-state index is -0.865. The van der Waals surface area contributed by atoms with Crippen molar-refractivity contribution in [2.45, 2.75) is 32.7 Å². The van der Waals surface area contributed by atoms with E-state index >= 15 is 0 Å². The average Bonchev–Trinajstić information content (AvgIpc) is 3.46. The molecule has 0 radical (unpaired) electrons. The summed E-state index contributed by atoms with van der Waals surface area (Å²) in [4.78, 5) is 62.4. The van der Waals surface area contributed by atoms with Gasteiger partial charge in [-0.1, -0.05) is 38.1 Å². The number of piperidine rings is 1. The van der Waals surface area contributed by atoms with Crippen LogP contribution in [0, 0.1) is 11.7 Å². The third kappa shape index (κ3) is 5.90. The zero-order valence-electron chi connectivity index (χ0n) is 26.7. The lowest BCUT2D eigenvalue weighted by molar-refractivity contribution is -0.135. The molecule has 6 rings (SSSR count). The molecule has 0 saturated carbocycles. The third-order valence-corrected chi connectivity index (χ3v) is 8.75. The van der Waals surface area contributed by atoms with Crippen molar-refractivity contribution >= 4 is 40.3 Å². The van der Waals surface area contributed by atoms with E-state index in [9.17, 15) is 23.6 Å². The van der Waals surface area contributed by atoms with Crippen LogP contribution in [0.15, 0.2) is 72.0 Å². The molecule has 13 heteroatoms. The van der Waals surface area contributed by atoms with Gasteiger partial charge >= 0.3 is 0 Å². The third-order valence-electron chi connectivity index (χ3n) is 8.75. The van der Waals surface area contributed by atoms with Gasteiger partial charge in [-0.05, 0) is 48.2 Å². The van der Waals surface area contributed by atoms with Crippen LogP contribution < -0.4 is 22.2 Å². The molecule has 3 amide bonds. The standard InChI is InChI=1S/C35H35FN8O4/c1-19(2)35(48)43-14-12-24(13-15-43)44-17-25(28-31(37)39-18-40-33(28)44)20-6-10-23(11-7-20)41-34(47)26-16-42(3)29(32(38)46)27(30(26)45)21-4-8-22(36)9-5-21/h4-11,16-19,24H,12-15H2,1-3H3,(H2,38,46)(H,41,47)(H2,37,39,40). The Hall–Kier alpha value is -5.85. The molecule has 0 bridgehead atoms. The highest BCUT2D eigenvalue weighted by molar-refractivity contribution is 6.07. The van der Waals surface area contributed by atoms with Crippen LogP contribution in [0.3, 0.4) is 0 Å². The summed E-state index contributed by atoms with van der Waals surface area (Å²) in [5.41, 5.74) is 13.8. The number of amides is 3. The second-order valence-corrected chi connectivity index (χ2v) is 12.2. The summed E-state index contributed by atoms with van der Waals surface area (Å²) in [5, 5.41) is 3.46. The molecule has 48 heavy (non-hydrogen) atoms. The van der Waals surface area contributed by atoms with E-state index < -0.39 is 23.1 Å². The number of aryl methyl sites for hydroxylation is 1. The lowest BCUT2D eigenvalue weighted by Gasteiger charge is -2.34. The number of likely N-dealkylation sites (tertiary alicyclic amines) is 1. The molecule has 5 N–H and O–H groups in total. The number of fused-ring (bicyclic) bond motifs is 1. The molecular formula is C35H35FN8O4. The van der Waals surface area contributed by atoms with Gasteiger partial charge in [0, 0.05) is 55.7 Å². The number of rotatable bonds is 7. The highest BCUT2D eigenvalue weighted by atomic mass is 19.1. The van der Waals surface area contributed by atoms with Gasteiger partial charge in [0.2, 0.25) is 11.3 Å². The summed E-state index contributed by atoms with van der Waals surface area (Å²) in [7, 11) is 1.50.